The molecule has 2 heteroatoms. The van der Waals surface area contributed by atoms with Gasteiger partial charge in [0.25, 0.3) is 0 Å². The van der Waals surface area contributed by atoms with Gasteiger partial charge in [-0.25, -0.2) is 0 Å². The maximum Gasteiger partial charge on any atom is 0.131 e. The van der Waals surface area contributed by atoms with Crippen LogP contribution in [0, 0.1) is 0 Å². The van der Waals surface area contributed by atoms with Gasteiger partial charge in [-0.3, -0.25) is 0 Å². The highest BCUT2D eigenvalue weighted by Gasteiger charge is 2.31. The summed E-state index contributed by atoms with van der Waals surface area (Å²) in [6.45, 7) is 0.0668. The lowest BCUT2D eigenvalue weighted by Crippen LogP contribution is -2.12. The van der Waals surface area contributed by atoms with Crippen molar-refractivity contribution in [2.75, 3.05) is 6.61 Å². The largest absolute Gasteiger partial charge is 0.487 e. The zero-order valence-corrected chi connectivity index (χ0v) is 11.2. The van der Waals surface area contributed by atoms with E-state index in [0.29, 0.717) is 0 Å². The highest BCUT2D eigenvalue weighted by atomic mass is 16.5. The van der Waals surface area contributed by atoms with Crippen LogP contribution in [0.4, 0.5) is 0 Å². The van der Waals surface area contributed by atoms with Crippen LogP contribution < -0.4 is 0 Å². The molecule has 0 radical (unpaired) electrons. The first-order valence-corrected chi connectivity index (χ1v) is 7.04. The number of hydrogen-bond donors (Lipinski definition) is 1. The monoisotopic (exact) mass is 264 g/mol. The Morgan fingerprint density at radius 1 is 0.950 bits per heavy atom. The second-order valence-electron chi connectivity index (χ2n) is 5.43. The average molecular weight is 264 g/mol. The van der Waals surface area contributed by atoms with Crippen LogP contribution >= 0.6 is 0 Å². The Hall–Kier alpha value is -2.06. The molecular weight excluding hydrogens is 248 g/mol. The van der Waals surface area contributed by atoms with Crippen LogP contribution in [-0.4, -0.2) is 17.8 Å². The molecule has 0 saturated heterocycles. The van der Waals surface area contributed by atoms with E-state index < -0.39 is 0 Å². The van der Waals surface area contributed by atoms with Crippen molar-refractivity contribution in [1.29, 1.82) is 0 Å². The van der Waals surface area contributed by atoms with Crippen LogP contribution in [0.25, 0.3) is 11.3 Å². The SMILES string of the molecule is OC[C@H]1CC2=C(O1)c1ccccc1Cc1ccccc12. The second kappa shape index (κ2) is 4.50. The van der Waals surface area contributed by atoms with Gasteiger partial charge >= 0.3 is 0 Å². The van der Waals surface area contributed by atoms with Crippen molar-refractivity contribution in [2.24, 2.45) is 0 Å². The van der Waals surface area contributed by atoms with E-state index in [1.165, 1.54) is 27.8 Å². The smallest absolute Gasteiger partial charge is 0.131 e. The lowest BCUT2D eigenvalue weighted by atomic mass is 9.95. The summed E-state index contributed by atoms with van der Waals surface area (Å²) < 4.78 is 6.01. The number of rotatable bonds is 1. The molecular formula is C18H16O2. The third-order valence-electron chi connectivity index (χ3n) is 4.18. The van der Waals surface area contributed by atoms with E-state index in [9.17, 15) is 5.11 Å². The molecule has 2 nitrogen and oxygen atoms in total. The lowest BCUT2D eigenvalue weighted by molar-refractivity contribution is 0.109. The van der Waals surface area contributed by atoms with Crippen molar-refractivity contribution >= 4 is 11.3 Å². The van der Waals surface area contributed by atoms with Crippen LogP contribution in [0.15, 0.2) is 48.5 Å². The van der Waals surface area contributed by atoms with Crippen LogP contribution in [0.1, 0.15) is 28.7 Å². The van der Waals surface area contributed by atoms with Crippen LogP contribution in [0.2, 0.25) is 0 Å². The van der Waals surface area contributed by atoms with Gasteiger partial charge in [0, 0.05) is 17.6 Å². The molecule has 1 heterocycles. The topological polar surface area (TPSA) is 29.5 Å². The Bertz CT molecular complexity index is 643. The van der Waals surface area contributed by atoms with Crippen molar-refractivity contribution in [1.82, 2.24) is 0 Å². The molecule has 2 aromatic rings. The maximum atomic E-state index is 9.43. The van der Waals surface area contributed by atoms with Crippen molar-refractivity contribution in [3.8, 4) is 0 Å². The molecule has 0 unspecified atom stereocenters. The van der Waals surface area contributed by atoms with Crippen LogP contribution in [-0.2, 0) is 11.2 Å². The number of aliphatic hydroxyl groups excluding tert-OH is 1. The molecule has 0 aromatic heterocycles. The predicted octanol–water partition coefficient (Wildman–Crippen LogP) is 3.24. The molecule has 2 aromatic carbocycles. The standard InChI is InChI=1S/C18H16O2/c19-11-14-10-17-15-7-3-1-5-12(15)9-13-6-2-4-8-16(13)18(17)20-14/h1-8,14,19H,9-11H2/t14-/m1/s1. The molecule has 2 aliphatic rings. The summed E-state index contributed by atoms with van der Waals surface area (Å²) in [5.41, 5.74) is 6.32. The second-order valence-corrected chi connectivity index (χ2v) is 5.43. The van der Waals surface area contributed by atoms with E-state index in [1.807, 2.05) is 0 Å². The predicted molar refractivity (Wildman–Crippen MR) is 79.1 cm³/mol. The summed E-state index contributed by atoms with van der Waals surface area (Å²) in [4.78, 5) is 0. The highest BCUT2D eigenvalue weighted by molar-refractivity contribution is 5.92. The van der Waals surface area contributed by atoms with Crippen LogP contribution in [0.5, 0.6) is 0 Å². The lowest BCUT2D eigenvalue weighted by Gasteiger charge is -2.13. The fraction of sp³-hybridized carbons (Fsp3) is 0.222. The van der Waals surface area contributed by atoms with Crippen molar-refractivity contribution < 1.29 is 9.84 Å². The molecule has 4 rings (SSSR count). The first-order valence-electron chi connectivity index (χ1n) is 7.04. The van der Waals surface area contributed by atoms with Gasteiger partial charge in [0.05, 0.1) is 6.61 Å². The number of ether oxygens (including phenoxy) is 1. The van der Waals surface area contributed by atoms with Gasteiger partial charge < -0.3 is 9.84 Å². The molecule has 0 spiro atoms. The van der Waals surface area contributed by atoms with Gasteiger partial charge in [0.2, 0.25) is 0 Å². The number of fused-ring (bicyclic) bond motifs is 4. The van der Waals surface area contributed by atoms with Gasteiger partial charge in [0.1, 0.15) is 11.9 Å². The first-order chi connectivity index (χ1) is 9.86. The average Bonchev–Trinajstić information content (AvgIpc) is 2.87. The number of aliphatic hydroxyl groups is 1. The summed E-state index contributed by atoms with van der Waals surface area (Å²) in [7, 11) is 0. The fourth-order valence-corrected chi connectivity index (χ4v) is 3.23. The van der Waals surface area contributed by atoms with E-state index in [4.69, 9.17) is 4.74 Å². The summed E-state index contributed by atoms with van der Waals surface area (Å²) in [5, 5.41) is 9.43. The summed E-state index contributed by atoms with van der Waals surface area (Å²) in [6.07, 6.45) is 1.61. The highest BCUT2D eigenvalue weighted by Crippen LogP contribution is 2.43. The van der Waals surface area contributed by atoms with Crippen molar-refractivity contribution in [3.63, 3.8) is 0 Å². The number of benzene rings is 2. The zero-order chi connectivity index (χ0) is 13.5. The Balaban J connectivity index is 1.96. The third-order valence-corrected chi connectivity index (χ3v) is 4.18. The van der Waals surface area contributed by atoms with Crippen LogP contribution in [0.3, 0.4) is 0 Å². The fourth-order valence-electron chi connectivity index (χ4n) is 3.23. The summed E-state index contributed by atoms with van der Waals surface area (Å²) >= 11 is 0. The minimum atomic E-state index is -0.112. The van der Waals surface area contributed by atoms with Crippen molar-refractivity contribution in [3.05, 3.63) is 70.8 Å². The van der Waals surface area contributed by atoms with E-state index in [2.05, 4.69) is 48.5 Å². The van der Waals surface area contributed by atoms with E-state index in [0.717, 1.165) is 18.6 Å². The molecule has 1 atom stereocenters. The minimum absolute atomic E-state index is 0.0668. The minimum Gasteiger partial charge on any atom is -0.487 e. The molecule has 0 bridgehead atoms. The molecule has 0 saturated carbocycles. The normalized spacial score (nSPS) is 19.8. The van der Waals surface area contributed by atoms with Gasteiger partial charge in [-0.1, -0.05) is 48.5 Å². The van der Waals surface area contributed by atoms with Crippen molar-refractivity contribution in [2.45, 2.75) is 18.9 Å². The third kappa shape index (κ3) is 1.69. The maximum absolute atomic E-state index is 9.43. The first kappa shape index (κ1) is 11.7. The number of hydrogen-bond acceptors (Lipinski definition) is 2. The van der Waals surface area contributed by atoms with E-state index in [1.54, 1.807) is 0 Å². The van der Waals surface area contributed by atoms with E-state index >= 15 is 0 Å². The molecule has 1 N–H and O–H groups in total. The summed E-state index contributed by atoms with van der Waals surface area (Å²) in [5.74, 6) is 0.963. The quantitative estimate of drug-likeness (QED) is 0.856. The Kier molecular flexibility index (Phi) is 2.64. The van der Waals surface area contributed by atoms with Gasteiger partial charge in [-0.05, 0) is 23.1 Å². The van der Waals surface area contributed by atoms with Gasteiger partial charge in [0.15, 0.2) is 0 Å². The van der Waals surface area contributed by atoms with E-state index in [-0.39, 0.29) is 12.7 Å². The molecule has 100 valence electrons. The molecule has 0 fully saturated rings. The Morgan fingerprint density at radius 2 is 1.60 bits per heavy atom. The molecule has 1 aliphatic heterocycles. The van der Waals surface area contributed by atoms with Gasteiger partial charge in [-0.15, -0.1) is 0 Å². The Labute approximate surface area is 118 Å². The molecule has 1 aliphatic carbocycles. The summed E-state index contributed by atoms with van der Waals surface area (Å²) in [6, 6.07) is 16.9. The van der Waals surface area contributed by atoms with Gasteiger partial charge in [-0.2, -0.15) is 0 Å². The molecule has 20 heavy (non-hydrogen) atoms. The zero-order valence-electron chi connectivity index (χ0n) is 11.2. The molecule has 0 amide bonds. The Morgan fingerprint density at radius 3 is 2.35 bits per heavy atom.